The molecule has 0 aromatic heterocycles. The van der Waals surface area contributed by atoms with Crippen LogP contribution in [0.4, 0.5) is 5.69 Å². The summed E-state index contributed by atoms with van der Waals surface area (Å²) in [6, 6.07) is 29.8. The zero-order chi connectivity index (χ0) is 24.0. The zero-order valence-corrected chi connectivity index (χ0v) is 19.3. The van der Waals surface area contributed by atoms with Gasteiger partial charge >= 0.3 is 0 Å². The highest BCUT2D eigenvalue weighted by Crippen LogP contribution is 2.22. The van der Waals surface area contributed by atoms with Crippen LogP contribution in [0.25, 0.3) is 6.08 Å². The molecule has 4 aromatic rings. The first-order valence-electron chi connectivity index (χ1n) is 10.6. The number of sulfonamides is 1. The summed E-state index contributed by atoms with van der Waals surface area (Å²) in [5, 5.41) is 0. The van der Waals surface area contributed by atoms with Gasteiger partial charge in [0.1, 0.15) is 11.5 Å². The lowest BCUT2D eigenvalue weighted by atomic mass is 10.1. The molecule has 6 heteroatoms. The summed E-state index contributed by atoms with van der Waals surface area (Å²) in [7, 11) is -3.69. The van der Waals surface area contributed by atoms with Crippen LogP contribution in [0.15, 0.2) is 114 Å². The number of carbonyl (C=O) groups is 1. The second kappa shape index (κ2) is 10.2. The number of ether oxygens (including phenoxy) is 1. The van der Waals surface area contributed by atoms with Crippen molar-refractivity contribution in [2.45, 2.75) is 11.8 Å². The third-order valence-electron chi connectivity index (χ3n) is 5.04. The van der Waals surface area contributed by atoms with Gasteiger partial charge in [-0.15, -0.1) is 0 Å². The molecule has 5 nitrogen and oxygen atoms in total. The van der Waals surface area contributed by atoms with Crippen molar-refractivity contribution in [2.24, 2.45) is 0 Å². The number of rotatable bonds is 8. The van der Waals surface area contributed by atoms with E-state index in [9.17, 15) is 13.2 Å². The summed E-state index contributed by atoms with van der Waals surface area (Å²) in [4.78, 5) is 12.7. The number of allylic oxidation sites excluding steroid dienone is 1. The van der Waals surface area contributed by atoms with Gasteiger partial charge in [0, 0.05) is 11.3 Å². The summed E-state index contributed by atoms with van der Waals surface area (Å²) >= 11 is 0. The van der Waals surface area contributed by atoms with Crippen molar-refractivity contribution in [3.8, 4) is 11.5 Å². The number of carbonyl (C=O) groups excluding carboxylic acids is 1. The summed E-state index contributed by atoms with van der Waals surface area (Å²) in [5.74, 6) is 1.28. The van der Waals surface area contributed by atoms with Crippen LogP contribution in [0.5, 0.6) is 11.5 Å². The molecule has 0 unspecified atom stereocenters. The minimum absolute atomic E-state index is 0.182. The highest BCUT2D eigenvalue weighted by Gasteiger charge is 2.14. The minimum Gasteiger partial charge on any atom is -0.457 e. The molecule has 0 saturated heterocycles. The number of benzene rings is 4. The van der Waals surface area contributed by atoms with Gasteiger partial charge in [-0.3, -0.25) is 9.52 Å². The van der Waals surface area contributed by atoms with Gasteiger partial charge in [-0.25, -0.2) is 8.42 Å². The maximum Gasteiger partial charge on any atom is 0.261 e. The first-order valence-corrected chi connectivity index (χ1v) is 12.1. The van der Waals surface area contributed by atoms with Crippen LogP contribution in [-0.4, -0.2) is 14.2 Å². The fourth-order valence-electron chi connectivity index (χ4n) is 3.17. The minimum atomic E-state index is -3.69. The third-order valence-corrected chi connectivity index (χ3v) is 6.44. The Kier molecular flexibility index (Phi) is 6.90. The first-order chi connectivity index (χ1) is 16.4. The van der Waals surface area contributed by atoms with Crippen molar-refractivity contribution >= 4 is 27.6 Å². The maximum absolute atomic E-state index is 12.5. The zero-order valence-electron chi connectivity index (χ0n) is 18.5. The van der Waals surface area contributed by atoms with E-state index in [0.29, 0.717) is 17.0 Å². The van der Waals surface area contributed by atoms with E-state index in [1.165, 1.54) is 6.08 Å². The molecular formula is C28H23NO4S. The Bertz CT molecular complexity index is 1390. The topological polar surface area (TPSA) is 72.5 Å². The number of hydrogen-bond acceptors (Lipinski definition) is 4. The Morgan fingerprint density at radius 1 is 0.765 bits per heavy atom. The van der Waals surface area contributed by atoms with E-state index < -0.39 is 10.0 Å². The largest absolute Gasteiger partial charge is 0.457 e. The van der Waals surface area contributed by atoms with Crippen LogP contribution >= 0.6 is 0 Å². The lowest BCUT2D eigenvalue weighted by Gasteiger charge is -2.08. The summed E-state index contributed by atoms with van der Waals surface area (Å²) in [6.07, 6.45) is 3.21. The van der Waals surface area contributed by atoms with E-state index >= 15 is 0 Å². The molecule has 4 rings (SSSR count). The molecule has 0 spiro atoms. The monoisotopic (exact) mass is 469 g/mol. The Hall–Kier alpha value is -4.16. The van der Waals surface area contributed by atoms with Crippen LogP contribution in [0, 0.1) is 6.92 Å². The van der Waals surface area contributed by atoms with Crippen LogP contribution in [0.2, 0.25) is 0 Å². The molecule has 0 fully saturated rings. The predicted molar refractivity (Wildman–Crippen MR) is 135 cm³/mol. The van der Waals surface area contributed by atoms with Gasteiger partial charge in [0.15, 0.2) is 5.78 Å². The molecule has 170 valence electrons. The lowest BCUT2D eigenvalue weighted by Crippen LogP contribution is -2.13. The van der Waals surface area contributed by atoms with Crippen LogP contribution in [-0.2, 0) is 10.0 Å². The highest BCUT2D eigenvalue weighted by atomic mass is 32.2. The van der Waals surface area contributed by atoms with Gasteiger partial charge in [0.05, 0.1) is 4.90 Å². The van der Waals surface area contributed by atoms with E-state index in [1.54, 1.807) is 54.6 Å². The highest BCUT2D eigenvalue weighted by molar-refractivity contribution is 7.92. The number of para-hydroxylation sites is 1. The number of aryl methyl sites for hydroxylation is 1. The van der Waals surface area contributed by atoms with Gasteiger partial charge in [0.2, 0.25) is 0 Å². The number of hydrogen-bond donors (Lipinski definition) is 1. The molecule has 0 amide bonds. The molecule has 34 heavy (non-hydrogen) atoms. The lowest BCUT2D eigenvalue weighted by molar-refractivity contribution is 0.104. The second-order valence-corrected chi connectivity index (χ2v) is 9.36. The molecule has 0 heterocycles. The fourth-order valence-corrected chi connectivity index (χ4v) is 4.23. The van der Waals surface area contributed by atoms with Gasteiger partial charge in [-0.1, -0.05) is 54.1 Å². The summed E-state index contributed by atoms with van der Waals surface area (Å²) in [5.41, 5.74) is 2.68. The number of anilines is 1. The molecular weight excluding hydrogens is 446 g/mol. The van der Waals surface area contributed by atoms with Crippen molar-refractivity contribution in [3.63, 3.8) is 0 Å². The molecule has 1 N–H and O–H groups in total. The molecule has 0 radical (unpaired) electrons. The molecule has 0 aliphatic rings. The van der Waals surface area contributed by atoms with Crippen molar-refractivity contribution in [1.29, 1.82) is 0 Å². The molecule has 4 aromatic carbocycles. The summed E-state index contributed by atoms with van der Waals surface area (Å²) < 4.78 is 33.3. The van der Waals surface area contributed by atoms with Crippen LogP contribution in [0.3, 0.4) is 0 Å². The Morgan fingerprint density at radius 2 is 1.38 bits per heavy atom. The van der Waals surface area contributed by atoms with E-state index in [0.717, 1.165) is 16.9 Å². The van der Waals surface area contributed by atoms with Gasteiger partial charge in [-0.05, 0) is 79.2 Å². The van der Waals surface area contributed by atoms with Crippen molar-refractivity contribution in [1.82, 2.24) is 0 Å². The Labute approximate surface area is 199 Å². The van der Waals surface area contributed by atoms with E-state index in [4.69, 9.17) is 4.74 Å². The van der Waals surface area contributed by atoms with E-state index in [2.05, 4.69) is 4.72 Å². The number of ketones is 1. The first kappa shape index (κ1) is 23.0. The van der Waals surface area contributed by atoms with Crippen LogP contribution < -0.4 is 9.46 Å². The normalized spacial score (nSPS) is 11.3. The van der Waals surface area contributed by atoms with Crippen molar-refractivity contribution < 1.29 is 17.9 Å². The van der Waals surface area contributed by atoms with Crippen molar-refractivity contribution in [2.75, 3.05) is 4.72 Å². The predicted octanol–water partition coefficient (Wildman–Crippen LogP) is 6.48. The quantitative estimate of drug-likeness (QED) is 0.237. The van der Waals surface area contributed by atoms with Gasteiger partial charge < -0.3 is 4.74 Å². The van der Waals surface area contributed by atoms with Gasteiger partial charge in [0.25, 0.3) is 10.0 Å². The fraction of sp³-hybridized carbons (Fsp3) is 0.0357. The molecule has 0 aliphatic heterocycles. The molecule has 0 aliphatic carbocycles. The van der Waals surface area contributed by atoms with E-state index in [1.807, 2.05) is 61.5 Å². The molecule has 0 saturated carbocycles. The molecule has 0 atom stereocenters. The molecule has 0 bridgehead atoms. The SMILES string of the molecule is Cc1ccc(S(=O)(=O)Nc2ccc(C(=O)C=Cc3ccc(Oc4ccccc4)cc3)cc2)cc1. The smallest absolute Gasteiger partial charge is 0.261 e. The average Bonchev–Trinajstić information content (AvgIpc) is 2.84. The third kappa shape index (κ3) is 5.99. The average molecular weight is 470 g/mol. The standard InChI is InChI=1S/C28H23NO4S/c1-21-7-18-27(19-8-21)34(31,32)29-24-14-12-23(13-15-24)28(30)20-11-22-9-16-26(17-10-22)33-25-5-3-2-4-6-25/h2-20,29H,1H3. The van der Waals surface area contributed by atoms with Crippen LogP contribution in [0.1, 0.15) is 21.5 Å². The van der Waals surface area contributed by atoms with Gasteiger partial charge in [-0.2, -0.15) is 0 Å². The Balaban J connectivity index is 1.37. The number of nitrogens with one attached hydrogen (secondary N) is 1. The summed E-state index contributed by atoms with van der Waals surface area (Å²) in [6.45, 7) is 1.89. The van der Waals surface area contributed by atoms with Crippen molar-refractivity contribution in [3.05, 3.63) is 126 Å². The second-order valence-electron chi connectivity index (χ2n) is 7.68. The van der Waals surface area contributed by atoms with E-state index in [-0.39, 0.29) is 10.7 Å². The maximum atomic E-state index is 12.5. The Morgan fingerprint density at radius 3 is 2.03 bits per heavy atom.